The molecule has 0 radical (unpaired) electrons. The summed E-state index contributed by atoms with van der Waals surface area (Å²) in [5, 5.41) is 17.6. The molecule has 0 aliphatic rings. The highest BCUT2D eigenvalue weighted by molar-refractivity contribution is 6.18. The Hall–Kier alpha value is -3.79. The van der Waals surface area contributed by atoms with Crippen LogP contribution in [0.3, 0.4) is 0 Å². The zero-order valence-electron chi connectivity index (χ0n) is 16.2. The second kappa shape index (κ2) is 6.38. The third-order valence-corrected chi connectivity index (χ3v) is 5.49. The average Bonchev–Trinajstić information content (AvgIpc) is 3.09. The number of phenols is 1. The molecule has 4 aromatic carbocycles. The van der Waals surface area contributed by atoms with Crippen LogP contribution in [0.2, 0.25) is 0 Å². The van der Waals surface area contributed by atoms with Gasteiger partial charge in [-0.25, -0.2) is 0 Å². The monoisotopic (exact) mass is 380 g/mol. The van der Waals surface area contributed by atoms with Gasteiger partial charge in [0.15, 0.2) is 0 Å². The van der Waals surface area contributed by atoms with Gasteiger partial charge in [0.1, 0.15) is 5.75 Å². The van der Waals surface area contributed by atoms with Crippen molar-refractivity contribution in [3.63, 3.8) is 0 Å². The Balaban J connectivity index is 1.61. The van der Waals surface area contributed by atoms with Crippen LogP contribution in [0.5, 0.6) is 5.75 Å². The van der Waals surface area contributed by atoms with Gasteiger partial charge in [-0.1, -0.05) is 48.0 Å². The molecule has 0 spiro atoms. The molecule has 4 heteroatoms. The fraction of sp³-hybridized carbons (Fsp3) is 0.0800. The predicted octanol–water partition coefficient (Wildman–Crippen LogP) is 6.05. The third kappa shape index (κ3) is 2.81. The number of phenolic OH excluding ortho intramolecular Hbond substituents is 1. The summed E-state index contributed by atoms with van der Waals surface area (Å²) >= 11 is 0. The molecule has 29 heavy (non-hydrogen) atoms. The number of aromatic nitrogens is 1. The maximum absolute atomic E-state index is 12.8. The Labute approximate surface area is 167 Å². The van der Waals surface area contributed by atoms with E-state index in [1.165, 1.54) is 0 Å². The molecule has 0 aliphatic heterocycles. The molecule has 1 heterocycles. The first-order chi connectivity index (χ1) is 14.0. The maximum atomic E-state index is 12.8. The number of carbonyl (C=O) groups is 1. The fourth-order valence-electron chi connectivity index (χ4n) is 4.01. The highest BCUT2D eigenvalue weighted by Gasteiger charge is 2.16. The minimum absolute atomic E-state index is 0.0362. The van der Waals surface area contributed by atoms with Gasteiger partial charge in [0.2, 0.25) is 0 Å². The van der Waals surface area contributed by atoms with Crippen molar-refractivity contribution in [1.29, 1.82) is 0 Å². The minimum Gasteiger partial charge on any atom is -0.507 e. The Morgan fingerprint density at radius 1 is 0.897 bits per heavy atom. The molecule has 0 bridgehead atoms. The van der Waals surface area contributed by atoms with Crippen molar-refractivity contribution in [3.05, 3.63) is 83.4 Å². The number of benzene rings is 4. The first kappa shape index (κ1) is 17.3. The zero-order valence-corrected chi connectivity index (χ0v) is 16.2. The number of carbonyl (C=O) groups excluding carboxylic acids is 1. The first-order valence-electron chi connectivity index (χ1n) is 9.56. The number of para-hydroxylation sites is 1. The van der Waals surface area contributed by atoms with Crippen LogP contribution >= 0.6 is 0 Å². The number of H-pyrrole nitrogens is 1. The van der Waals surface area contributed by atoms with Gasteiger partial charge in [0.05, 0.1) is 11.1 Å². The molecule has 0 saturated carbocycles. The van der Waals surface area contributed by atoms with Crippen molar-refractivity contribution in [3.8, 4) is 5.75 Å². The van der Waals surface area contributed by atoms with E-state index in [9.17, 15) is 9.90 Å². The summed E-state index contributed by atoms with van der Waals surface area (Å²) in [6.45, 7) is 3.97. The molecule has 142 valence electrons. The van der Waals surface area contributed by atoms with Gasteiger partial charge < -0.3 is 15.4 Å². The van der Waals surface area contributed by atoms with Crippen LogP contribution in [0.4, 0.5) is 5.69 Å². The molecule has 4 nitrogen and oxygen atoms in total. The standard InChI is InChI=1S/C25H20N2O2/c1-14-7-10-21(15(2)11-14)27-25(29)20-12-16-8-9-18-17-5-3-4-6-22(17)26-24(18)19(16)13-23(20)28/h3-13,26,28H,1-2H3,(H,27,29). The van der Waals surface area contributed by atoms with E-state index >= 15 is 0 Å². The maximum Gasteiger partial charge on any atom is 0.259 e. The van der Waals surface area contributed by atoms with Crippen molar-refractivity contribution >= 4 is 44.2 Å². The topological polar surface area (TPSA) is 65.1 Å². The van der Waals surface area contributed by atoms with Crippen molar-refractivity contribution in [1.82, 2.24) is 4.98 Å². The molecule has 0 saturated heterocycles. The quantitative estimate of drug-likeness (QED) is 0.349. The summed E-state index contributed by atoms with van der Waals surface area (Å²) in [4.78, 5) is 16.3. The van der Waals surface area contributed by atoms with Crippen molar-refractivity contribution < 1.29 is 9.90 Å². The van der Waals surface area contributed by atoms with Gasteiger partial charge in [-0.05, 0) is 49.1 Å². The van der Waals surface area contributed by atoms with E-state index in [0.29, 0.717) is 0 Å². The Morgan fingerprint density at radius 3 is 2.55 bits per heavy atom. The number of fused-ring (bicyclic) bond motifs is 5. The highest BCUT2D eigenvalue weighted by atomic mass is 16.3. The van der Waals surface area contributed by atoms with Crippen LogP contribution in [-0.2, 0) is 0 Å². The molecular formula is C25H20N2O2. The number of amides is 1. The highest BCUT2D eigenvalue weighted by Crippen LogP contribution is 2.34. The van der Waals surface area contributed by atoms with Crippen LogP contribution in [0.25, 0.3) is 32.6 Å². The molecule has 3 N–H and O–H groups in total. The number of anilines is 1. The lowest BCUT2D eigenvalue weighted by molar-refractivity contribution is 0.102. The second-order valence-electron chi connectivity index (χ2n) is 7.52. The van der Waals surface area contributed by atoms with E-state index in [4.69, 9.17) is 0 Å². The second-order valence-corrected chi connectivity index (χ2v) is 7.52. The molecule has 0 unspecified atom stereocenters. The van der Waals surface area contributed by atoms with E-state index in [2.05, 4.69) is 22.4 Å². The predicted molar refractivity (Wildman–Crippen MR) is 119 cm³/mol. The van der Waals surface area contributed by atoms with Crippen LogP contribution < -0.4 is 5.32 Å². The third-order valence-electron chi connectivity index (χ3n) is 5.49. The lowest BCUT2D eigenvalue weighted by Gasteiger charge is -2.11. The van der Waals surface area contributed by atoms with Crippen molar-refractivity contribution in [2.45, 2.75) is 13.8 Å². The van der Waals surface area contributed by atoms with Crippen LogP contribution in [-0.4, -0.2) is 16.0 Å². The molecule has 5 rings (SSSR count). The number of hydrogen-bond acceptors (Lipinski definition) is 2. The first-order valence-corrected chi connectivity index (χ1v) is 9.56. The molecule has 0 fully saturated rings. The lowest BCUT2D eigenvalue weighted by atomic mass is 10.0. The molecule has 5 aromatic rings. The summed E-state index contributed by atoms with van der Waals surface area (Å²) in [6.07, 6.45) is 0. The molecule has 1 amide bonds. The smallest absolute Gasteiger partial charge is 0.259 e. The van der Waals surface area contributed by atoms with Gasteiger partial charge in [-0.15, -0.1) is 0 Å². The summed E-state index contributed by atoms with van der Waals surface area (Å²) in [7, 11) is 0. The molecule has 1 aromatic heterocycles. The fourth-order valence-corrected chi connectivity index (χ4v) is 4.01. The van der Waals surface area contributed by atoms with E-state index in [1.807, 2.05) is 56.3 Å². The molecular weight excluding hydrogens is 360 g/mol. The number of hydrogen-bond donors (Lipinski definition) is 3. The number of aromatic hydroxyl groups is 1. The van der Waals surface area contributed by atoms with Gasteiger partial charge in [-0.2, -0.15) is 0 Å². The van der Waals surface area contributed by atoms with Crippen molar-refractivity contribution in [2.24, 2.45) is 0 Å². The van der Waals surface area contributed by atoms with E-state index in [1.54, 1.807) is 12.1 Å². The summed E-state index contributed by atoms with van der Waals surface area (Å²) in [6, 6.07) is 21.4. The number of aryl methyl sites for hydroxylation is 2. The normalized spacial score (nSPS) is 11.4. The average molecular weight is 380 g/mol. The number of rotatable bonds is 2. The Bertz CT molecular complexity index is 1430. The Morgan fingerprint density at radius 2 is 1.72 bits per heavy atom. The Kier molecular flexibility index (Phi) is 3.81. The van der Waals surface area contributed by atoms with Crippen LogP contribution in [0.15, 0.2) is 66.7 Å². The minimum atomic E-state index is -0.326. The largest absolute Gasteiger partial charge is 0.507 e. The molecule has 0 aliphatic carbocycles. The van der Waals surface area contributed by atoms with Gasteiger partial charge in [0.25, 0.3) is 5.91 Å². The van der Waals surface area contributed by atoms with E-state index in [0.717, 1.165) is 49.4 Å². The summed E-state index contributed by atoms with van der Waals surface area (Å²) in [5.41, 5.74) is 5.13. The van der Waals surface area contributed by atoms with Crippen LogP contribution in [0, 0.1) is 13.8 Å². The van der Waals surface area contributed by atoms with Gasteiger partial charge in [-0.3, -0.25) is 4.79 Å². The number of nitrogens with one attached hydrogen (secondary N) is 2. The number of aromatic amines is 1. The molecule has 0 atom stereocenters. The lowest BCUT2D eigenvalue weighted by Crippen LogP contribution is -2.13. The van der Waals surface area contributed by atoms with Crippen LogP contribution in [0.1, 0.15) is 21.5 Å². The SMILES string of the molecule is Cc1ccc(NC(=O)c2cc3ccc4c5ccccc5[nH]c4c3cc2O)c(C)c1. The zero-order chi connectivity index (χ0) is 20.1. The van der Waals surface area contributed by atoms with E-state index < -0.39 is 0 Å². The van der Waals surface area contributed by atoms with Gasteiger partial charge in [0, 0.05) is 27.4 Å². The summed E-state index contributed by atoms with van der Waals surface area (Å²) < 4.78 is 0. The summed E-state index contributed by atoms with van der Waals surface area (Å²) in [5.74, 6) is -0.362. The van der Waals surface area contributed by atoms with Gasteiger partial charge >= 0.3 is 0 Å². The van der Waals surface area contributed by atoms with Crippen molar-refractivity contribution in [2.75, 3.05) is 5.32 Å². The van der Waals surface area contributed by atoms with E-state index in [-0.39, 0.29) is 17.2 Å².